The van der Waals surface area contributed by atoms with Crippen molar-refractivity contribution in [2.24, 2.45) is 10.7 Å². The number of benzene rings is 2. The van der Waals surface area contributed by atoms with E-state index in [-0.39, 0.29) is 29.7 Å². The lowest BCUT2D eigenvalue weighted by atomic mass is 10.2. The number of aliphatic imine (C=N–C) groups is 1. The molecule has 2 amide bonds. The summed E-state index contributed by atoms with van der Waals surface area (Å²) in [5, 5.41) is -0.674. The van der Waals surface area contributed by atoms with Gasteiger partial charge in [-0.05, 0) is 23.8 Å². The van der Waals surface area contributed by atoms with E-state index in [9.17, 15) is 22.8 Å². The van der Waals surface area contributed by atoms with Crippen LogP contribution in [0.5, 0.6) is 0 Å². The molecule has 0 saturated carbocycles. The molecule has 1 aliphatic heterocycles. The van der Waals surface area contributed by atoms with Crippen LogP contribution in [0.15, 0.2) is 59.6 Å². The number of carbonyl (C=O) groups excluding carboxylic acids is 2. The molecule has 0 aromatic heterocycles. The van der Waals surface area contributed by atoms with Crippen molar-refractivity contribution in [2.75, 3.05) is 0 Å². The Balaban J connectivity index is 1.97. The molecule has 146 valence electrons. The smallest absolute Gasteiger partial charge is 0.369 e. The van der Waals surface area contributed by atoms with Crippen LogP contribution >= 0.6 is 11.8 Å². The summed E-state index contributed by atoms with van der Waals surface area (Å²) < 4.78 is 38.9. The molecular formula is C19H16F3N3O2S. The second-order valence-corrected chi connectivity index (χ2v) is 7.29. The first-order valence-electron chi connectivity index (χ1n) is 8.30. The van der Waals surface area contributed by atoms with Crippen molar-refractivity contribution in [1.29, 1.82) is 0 Å². The third kappa shape index (κ3) is 4.72. The first-order chi connectivity index (χ1) is 13.2. The minimum atomic E-state index is -4.51. The van der Waals surface area contributed by atoms with Crippen molar-refractivity contribution in [3.05, 3.63) is 65.7 Å². The van der Waals surface area contributed by atoms with E-state index >= 15 is 0 Å². The van der Waals surface area contributed by atoms with Crippen molar-refractivity contribution >= 4 is 34.4 Å². The van der Waals surface area contributed by atoms with Gasteiger partial charge in [-0.3, -0.25) is 14.5 Å². The zero-order valence-electron chi connectivity index (χ0n) is 14.5. The van der Waals surface area contributed by atoms with E-state index in [0.29, 0.717) is 0 Å². The van der Waals surface area contributed by atoms with Gasteiger partial charge >= 0.3 is 6.18 Å². The summed E-state index contributed by atoms with van der Waals surface area (Å²) in [7, 11) is 0. The number of carbonyl (C=O) groups is 2. The highest BCUT2D eigenvalue weighted by Gasteiger charge is 2.35. The predicted molar refractivity (Wildman–Crippen MR) is 101 cm³/mol. The van der Waals surface area contributed by atoms with Crippen LogP contribution in [0.2, 0.25) is 0 Å². The number of rotatable bonds is 4. The van der Waals surface area contributed by atoms with Gasteiger partial charge < -0.3 is 5.73 Å². The topological polar surface area (TPSA) is 75.8 Å². The Labute approximate surface area is 163 Å². The summed E-state index contributed by atoms with van der Waals surface area (Å²) in [5.74, 6) is -1.04. The molecule has 0 aliphatic carbocycles. The fourth-order valence-electron chi connectivity index (χ4n) is 2.64. The molecule has 28 heavy (non-hydrogen) atoms. The van der Waals surface area contributed by atoms with Crippen LogP contribution in [-0.2, 0) is 22.3 Å². The molecule has 2 N–H and O–H groups in total. The van der Waals surface area contributed by atoms with Gasteiger partial charge in [0.05, 0.1) is 23.0 Å². The Hall–Kier alpha value is -2.81. The van der Waals surface area contributed by atoms with Gasteiger partial charge in [-0.15, -0.1) is 0 Å². The van der Waals surface area contributed by atoms with Crippen LogP contribution in [0, 0.1) is 0 Å². The summed E-state index contributed by atoms with van der Waals surface area (Å²) >= 11 is 0.978. The lowest BCUT2D eigenvalue weighted by molar-refractivity contribution is -0.137. The third-order valence-corrected chi connectivity index (χ3v) is 5.24. The van der Waals surface area contributed by atoms with Crippen LogP contribution < -0.4 is 5.73 Å². The molecule has 9 heteroatoms. The number of amides is 2. The first-order valence-corrected chi connectivity index (χ1v) is 9.18. The van der Waals surface area contributed by atoms with Crippen molar-refractivity contribution in [3.63, 3.8) is 0 Å². The van der Waals surface area contributed by atoms with Gasteiger partial charge in [0.15, 0.2) is 5.17 Å². The van der Waals surface area contributed by atoms with Gasteiger partial charge in [-0.25, -0.2) is 4.99 Å². The van der Waals surface area contributed by atoms with Crippen LogP contribution in [0.4, 0.5) is 18.9 Å². The largest absolute Gasteiger partial charge is 0.416 e. The average Bonchev–Trinajstić information content (AvgIpc) is 2.64. The number of nitrogens with two attached hydrogens (primary N) is 1. The van der Waals surface area contributed by atoms with Crippen molar-refractivity contribution < 1.29 is 22.8 Å². The monoisotopic (exact) mass is 407 g/mol. The molecule has 1 unspecified atom stereocenters. The summed E-state index contributed by atoms with van der Waals surface area (Å²) in [6, 6.07) is 13.6. The lowest BCUT2D eigenvalue weighted by Gasteiger charge is -2.31. The van der Waals surface area contributed by atoms with E-state index in [1.807, 2.05) is 30.3 Å². The summed E-state index contributed by atoms with van der Waals surface area (Å²) in [4.78, 5) is 29.8. The standard InChI is InChI=1S/C19H16F3N3O2S/c20-19(21,22)13-7-4-8-14(9-13)24-18-25(11-12-5-2-1-3-6-12)16(26)10-15(28-18)17(23)27/h1-9,15H,10-11H2,(H2,23,27). The van der Waals surface area contributed by atoms with Crippen molar-refractivity contribution in [1.82, 2.24) is 4.90 Å². The van der Waals surface area contributed by atoms with E-state index in [1.165, 1.54) is 17.0 Å². The number of hydrogen-bond donors (Lipinski definition) is 1. The molecule has 0 bridgehead atoms. The SMILES string of the molecule is NC(=O)C1CC(=O)N(Cc2ccccc2)C(=Nc2cccc(C(F)(F)F)c2)S1. The molecule has 1 fully saturated rings. The maximum Gasteiger partial charge on any atom is 0.416 e. The fourth-order valence-corrected chi connectivity index (χ4v) is 3.69. The normalized spacial score (nSPS) is 19.1. The number of halogens is 3. The highest BCUT2D eigenvalue weighted by Crippen LogP contribution is 2.33. The van der Waals surface area contributed by atoms with Gasteiger partial charge in [-0.2, -0.15) is 13.2 Å². The molecule has 1 aliphatic rings. The molecule has 1 heterocycles. The maximum absolute atomic E-state index is 13.0. The van der Waals surface area contributed by atoms with E-state index in [2.05, 4.69) is 4.99 Å². The van der Waals surface area contributed by atoms with Gasteiger partial charge in [0.2, 0.25) is 11.8 Å². The zero-order valence-corrected chi connectivity index (χ0v) is 15.3. The third-order valence-electron chi connectivity index (χ3n) is 4.04. The second kappa shape index (κ2) is 8.05. The first kappa shape index (κ1) is 19.9. The number of nitrogens with zero attached hydrogens (tertiary/aromatic N) is 2. The summed E-state index contributed by atoms with van der Waals surface area (Å²) in [6.07, 6.45) is -4.60. The quantitative estimate of drug-likeness (QED) is 0.840. The Kier molecular flexibility index (Phi) is 5.73. The van der Waals surface area contributed by atoms with Crippen LogP contribution in [0.1, 0.15) is 17.5 Å². The Morgan fingerprint density at radius 2 is 1.89 bits per heavy atom. The Bertz CT molecular complexity index is 916. The Morgan fingerprint density at radius 3 is 2.54 bits per heavy atom. The van der Waals surface area contributed by atoms with Gasteiger partial charge in [0.25, 0.3) is 0 Å². The van der Waals surface area contributed by atoms with Crippen molar-refractivity contribution in [3.8, 4) is 0 Å². The highest BCUT2D eigenvalue weighted by atomic mass is 32.2. The number of thioether (sulfide) groups is 1. The van der Waals surface area contributed by atoms with Crippen LogP contribution in [0.25, 0.3) is 0 Å². The Morgan fingerprint density at radius 1 is 1.18 bits per heavy atom. The van der Waals surface area contributed by atoms with Crippen LogP contribution in [-0.4, -0.2) is 27.1 Å². The molecule has 2 aromatic carbocycles. The number of amidine groups is 1. The van der Waals surface area contributed by atoms with Gasteiger partial charge in [0.1, 0.15) is 0 Å². The molecule has 5 nitrogen and oxygen atoms in total. The van der Waals surface area contributed by atoms with Crippen LogP contribution in [0.3, 0.4) is 0 Å². The molecule has 0 spiro atoms. The molecule has 0 radical (unpaired) electrons. The molecular weight excluding hydrogens is 391 g/mol. The van der Waals surface area contributed by atoms with E-state index in [4.69, 9.17) is 5.73 Å². The summed E-state index contributed by atoms with van der Waals surface area (Å²) in [6.45, 7) is 0.190. The molecule has 1 saturated heterocycles. The zero-order chi connectivity index (χ0) is 20.3. The fraction of sp³-hybridized carbons (Fsp3) is 0.211. The number of primary amides is 1. The van der Waals surface area contributed by atoms with E-state index < -0.39 is 22.9 Å². The maximum atomic E-state index is 13.0. The minimum absolute atomic E-state index is 0.0355. The van der Waals surface area contributed by atoms with Gasteiger partial charge in [-0.1, -0.05) is 48.2 Å². The number of hydrogen-bond acceptors (Lipinski definition) is 4. The molecule has 3 rings (SSSR count). The van der Waals surface area contributed by atoms with Crippen molar-refractivity contribution in [2.45, 2.75) is 24.4 Å². The van der Waals surface area contributed by atoms with Gasteiger partial charge in [0, 0.05) is 6.42 Å². The molecule has 1 atom stereocenters. The molecule has 2 aromatic rings. The average molecular weight is 407 g/mol. The lowest BCUT2D eigenvalue weighted by Crippen LogP contribution is -2.45. The summed E-state index contributed by atoms with van der Waals surface area (Å²) in [5.41, 5.74) is 5.35. The number of alkyl halides is 3. The highest BCUT2D eigenvalue weighted by molar-refractivity contribution is 8.15. The second-order valence-electron chi connectivity index (χ2n) is 6.12. The predicted octanol–water partition coefficient (Wildman–Crippen LogP) is 3.71. The van der Waals surface area contributed by atoms with E-state index in [0.717, 1.165) is 29.5 Å². The minimum Gasteiger partial charge on any atom is -0.369 e. The van der Waals surface area contributed by atoms with E-state index in [1.54, 1.807) is 0 Å².